The Bertz CT molecular complexity index is 295. The number of rotatable bonds is 5. The summed E-state index contributed by atoms with van der Waals surface area (Å²) in [6.45, 7) is 4.19. The molecular formula is C12H16O3. The van der Waals surface area contributed by atoms with Crippen LogP contribution in [0.1, 0.15) is 31.7 Å². The van der Waals surface area contributed by atoms with E-state index in [1.54, 1.807) is 6.92 Å². The molecule has 1 aromatic rings. The summed E-state index contributed by atoms with van der Waals surface area (Å²) in [5.41, 5.74) is 0.933. The van der Waals surface area contributed by atoms with Crippen LogP contribution in [0.4, 0.5) is 0 Å². The average Bonchev–Trinajstić information content (AvgIpc) is 2.29. The van der Waals surface area contributed by atoms with Crippen LogP contribution < -0.4 is 0 Å². The second-order valence-electron chi connectivity index (χ2n) is 3.36. The Kier molecular flexibility index (Phi) is 4.84. The van der Waals surface area contributed by atoms with E-state index in [1.165, 1.54) is 0 Å². The minimum Gasteiger partial charge on any atom is -0.298 e. The second kappa shape index (κ2) is 6.19. The third-order valence-corrected chi connectivity index (χ3v) is 2.08. The smallest absolute Gasteiger partial charge is 0.298 e. The molecule has 0 N–H and O–H groups in total. The fourth-order valence-electron chi connectivity index (χ4n) is 1.13. The summed E-state index contributed by atoms with van der Waals surface area (Å²) in [5.74, 6) is -0.641. The van der Waals surface area contributed by atoms with Gasteiger partial charge in [0.1, 0.15) is 0 Å². The van der Waals surface area contributed by atoms with Gasteiger partial charge in [-0.2, -0.15) is 4.89 Å². The van der Waals surface area contributed by atoms with Crippen LogP contribution in [0.15, 0.2) is 30.3 Å². The molecule has 0 heterocycles. The number of benzene rings is 1. The SMILES string of the molecule is CCCOOC(=O)C(C)c1ccccc1. The van der Waals surface area contributed by atoms with E-state index in [9.17, 15) is 4.79 Å². The topological polar surface area (TPSA) is 35.5 Å². The quantitative estimate of drug-likeness (QED) is 0.424. The molecular weight excluding hydrogens is 192 g/mol. The summed E-state index contributed by atoms with van der Waals surface area (Å²) in [7, 11) is 0. The first-order valence-electron chi connectivity index (χ1n) is 5.14. The van der Waals surface area contributed by atoms with Gasteiger partial charge in [0.15, 0.2) is 0 Å². The largest absolute Gasteiger partial charge is 0.349 e. The van der Waals surface area contributed by atoms with Gasteiger partial charge in [0, 0.05) is 0 Å². The van der Waals surface area contributed by atoms with Crippen LogP contribution in [0, 0.1) is 0 Å². The van der Waals surface area contributed by atoms with Crippen LogP contribution >= 0.6 is 0 Å². The third kappa shape index (κ3) is 3.72. The maximum Gasteiger partial charge on any atom is 0.349 e. The molecule has 0 saturated carbocycles. The van der Waals surface area contributed by atoms with Crippen molar-refractivity contribution < 1.29 is 14.6 Å². The van der Waals surface area contributed by atoms with Crippen molar-refractivity contribution in [2.75, 3.05) is 6.61 Å². The number of hydrogen-bond donors (Lipinski definition) is 0. The fraction of sp³-hybridized carbons (Fsp3) is 0.417. The first kappa shape index (κ1) is 11.7. The molecule has 0 bridgehead atoms. The van der Waals surface area contributed by atoms with Crippen molar-refractivity contribution in [3.05, 3.63) is 35.9 Å². The predicted molar refractivity (Wildman–Crippen MR) is 57.2 cm³/mol. The zero-order valence-electron chi connectivity index (χ0n) is 9.10. The molecule has 15 heavy (non-hydrogen) atoms. The minimum absolute atomic E-state index is 0.289. The van der Waals surface area contributed by atoms with E-state index in [0.29, 0.717) is 6.61 Å². The zero-order valence-corrected chi connectivity index (χ0v) is 9.10. The van der Waals surface area contributed by atoms with E-state index in [1.807, 2.05) is 37.3 Å². The van der Waals surface area contributed by atoms with Crippen LogP contribution in [0.25, 0.3) is 0 Å². The normalized spacial score (nSPS) is 12.1. The summed E-state index contributed by atoms with van der Waals surface area (Å²) in [6.07, 6.45) is 0.826. The highest BCUT2D eigenvalue weighted by Crippen LogP contribution is 2.15. The molecule has 1 aromatic carbocycles. The maximum absolute atomic E-state index is 11.5. The zero-order chi connectivity index (χ0) is 11.1. The Morgan fingerprint density at radius 3 is 2.60 bits per heavy atom. The molecule has 0 spiro atoms. The lowest BCUT2D eigenvalue weighted by Crippen LogP contribution is -2.13. The summed E-state index contributed by atoms with van der Waals surface area (Å²) >= 11 is 0. The first-order chi connectivity index (χ1) is 7.25. The van der Waals surface area contributed by atoms with Gasteiger partial charge in [-0.3, -0.25) is 4.89 Å². The fourth-order valence-corrected chi connectivity index (χ4v) is 1.13. The number of hydrogen-bond acceptors (Lipinski definition) is 3. The molecule has 0 fully saturated rings. The summed E-state index contributed by atoms with van der Waals surface area (Å²) in [5, 5.41) is 0. The van der Waals surface area contributed by atoms with Crippen molar-refractivity contribution >= 4 is 5.97 Å². The first-order valence-corrected chi connectivity index (χ1v) is 5.14. The monoisotopic (exact) mass is 208 g/mol. The van der Waals surface area contributed by atoms with Gasteiger partial charge in [0.2, 0.25) is 0 Å². The second-order valence-corrected chi connectivity index (χ2v) is 3.36. The van der Waals surface area contributed by atoms with Crippen molar-refractivity contribution in [1.82, 2.24) is 0 Å². The van der Waals surface area contributed by atoms with Gasteiger partial charge in [0.05, 0.1) is 12.5 Å². The van der Waals surface area contributed by atoms with Gasteiger partial charge in [-0.05, 0) is 18.9 Å². The molecule has 3 heteroatoms. The lowest BCUT2D eigenvalue weighted by Gasteiger charge is -2.09. The molecule has 0 amide bonds. The molecule has 0 radical (unpaired) electrons. The Hall–Kier alpha value is -1.35. The lowest BCUT2D eigenvalue weighted by molar-refractivity contribution is -0.273. The van der Waals surface area contributed by atoms with Crippen LogP contribution in [0.3, 0.4) is 0 Å². The number of carbonyl (C=O) groups excluding carboxylic acids is 1. The molecule has 1 atom stereocenters. The third-order valence-electron chi connectivity index (χ3n) is 2.08. The molecule has 1 unspecified atom stereocenters. The van der Waals surface area contributed by atoms with Crippen LogP contribution in [0.2, 0.25) is 0 Å². The van der Waals surface area contributed by atoms with E-state index >= 15 is 0 Å². The molecule has 0 saturated heterocycles. The highest BCUT2D eigenvalue weighted by Gasteiger charge is 2.17. The standard InChI is InChI=1S/C12H16O3/c1-3-9-14-15-12(13)10(2)11-7-5-4-6-8-11/h4-8,10H,3,9H2,1-2H3. The Labute approximate surface area is 89.9 Å². The van der Waals surface area contributed by atoms with Crippen molar-refractivity contribution in [2.45, 2.75) is 26.2 Å². The predicted octanol–water partition coefficient (Wildman–Crippen LogP) is 2.67. The summed E-state index contributed by atoms with van der Waals surface area (Å²) < 4.78 is 0. The van der Waals surface area contributed by atoms with Crippen LogP contribution in [-0.4, -0.2) is 12.6 Å². The molecule has 0 aliphatic carbocycles. The summed E-state index contributed by atoms with van der Waals surface area (Å²) in [4.78, 5) is 20.9. The van der Waals surface area contributed by atoms with Gasteiger partial charge >= 0.3 is 5.97 Å². The van der Waals surface area contributed by atoms with Crippen molar-refractivity contribution in [3.8, 4) is 0 Å². The molecule has 0 aromatic heterocycles. The minimum atomic E-state index is -0.352. The van der Waals surface area contributed by atoms with Crippen molar-refractivity contribution in [1.29, 1.82) is 0 Å². The van der Waals surface area contributed by atoms with Crippen LogP contribution in [-0.2, 0) is 14.6 Å². The Balaban J connectivity index is 2.46. The van der Waals surface area contributed by atoms with E-state index < -0.39 is 0 Å². The van der Waals surface area contributed by atoms with E-state index in [4.69, 9.17) is 4.89 Å². The Morgan fingerprint density at radius 2 is 2.00 bits per heavy atom. The van der Waals surface area contributed by atoms with Gasteiger partial charge in [-0.25, -0.2) is 4.79 Å². The molecule has 0 aliphatic heterocycles. The van der Waals surface area contributed by atoms with Gasteiger partial charge in [0.25, 0.3) is 0 Å². The van der Waals surface area contributed by atoms with Gasteiger partial charge in [-0.1, -0.05) is 37.3 Å². The highest BCUT2D eigenvalue weighted by atomic mass is 17.2. The lowest BCUT2D eigenvalue weighted by atomic mass is 10.0. The van der Waals surface area contributed by atoms with E-state index in [2.05, 4.69) is 4.89 Å². The van der Waals surface area contributed by atoms with Crippen molar-refractivity contribution in [3.63, 3.8) is 0 Å². The molecule has 1 rings (SSSR count). The van der Waals surface area contributed by atoms with Gasteiger partial charge < -0.3 is 0 Å². The highest BCUT2D eigenvalue weighted by molar-refractivity contribution is 5.77. The van der Waals surface area contributed by atoms with Crippen molar-refractivity contribution in [2.24, 2.45) is 0 Å². The van der Waals surface area contributed by atoms with E-state index in [0.717, 1.165) is 12.0 Å². The van der Waals surface area contributed by atoms with Crippen LogP contribution in [0.5, 0.6) is 0 Å². The molecule has 82 valence electrons. The molecule has 3 nitrogen and oxygen atoms in total. The van der Waals surface area contributed by atoms with Gasteiger partial charge in [-0.15, -0.1) is 0 Å². The average molecular weight is 208 g/mol. The van der Waals surface area contributed by atoms with E-state index in [-0.39, 0.29) is 11.9 Å². The molecule has 0 aliphatic rings. The number of carbonyl (C=O) groups is 1. The Morgan fingerprint density at radius 1 is 1.33 bits per heavy atom. The maximum atomic E-state index is 11.5. The summed E-state index contributed by atoms with van der Waals surface area (Å²) in [6, 6.07) is 9.49.